The summed E-state index contributed by atoms with van der Waals surface area (Å²) in [7, 11) is -3.80. The van der Waals surface area contributed by atoms with Crippen molar-refractivity contribution < 1.29 is 12.8 Å². The molecule has 2 aromatic heterocycles. The van der Waals surface area contributed by atoms with Crippen molar-refractivity contribution in [3.8, 4) is 10.6 Å². The summed E-state index contributed by atoms with van der Waals surface area (Å²) in [5.41, 5.74) is 1.01. The lowest BCUT2D eigenvalue weighted by Crippen LogP contribution is -2.13. The summed E-state index contributed by atoms with van der Waals surface area (Å²) in [6.45, 7) is 0. The molecule has 0 saturated heterocycles. The van der Waals surface area contributed by atoms with Crippen LogP contribution >= 0.6 is 22.9 Å². The van der Waals surface area contributed by atoms with Crippen LogP contribution in [-0.4, -0.2) is 13.4 Å². The van der Waals surface area contributed by atoms with Crippen LogP contribution in [0.4, 0.5) is 5.82 Å². The maximum absolute atomic E-state index is 12.7. The molecule has 0 bridgehead atoms. The van der Waals surface area contributed by atoms with Gasteiger partial charge in [-0.1, -0.05) is 60.1 Å². The topological polar surface area (TPSA) is 72.2 Å². The standard InChI is InChI=1S/C20H15ClN2O3S2/c21-17-12-11-16(27-17)19-20(23-28(24,25)15-9-5-2-6-10-15)22-18(26-19)13-14-7-3-1-4-8-14/h1-12,23H,13H2. The number of benzene rings is 2. The van der Waals surface area contributed by atoms with Crippen molar-refractivity contribution in [3.63, 3.8) is 0 Å². The normalized spacial score (nSPS) is 11.5. The van der Waals surface area contributed by atoms with Crippen LogP contribution < -0.4 is 4.72 Å². The number of nitrogens with one attached hydrogen (secondary N) is 1. The maximum Gasteiger partial charge on any atom is 0.263 e. The zero-order valence-electron chi connectivity index (χ0n) is 14.5. The highest BCUT2D eigenvalue weighted by atomic mass is 35.5. The first-order valence-electron chi connectivity index (χ1n) is 8.38. The molecule has 4 aromatic rings. The predicted molar refractivity (Wildman–Crippen MR) is 111 cm³/mol. The minimum Gasteiger partial charge on any atom is -0.437 e. The number of anilines is 1. The molecule has 0 atom stereocenters. The van der Waals surface area contributed by atoms with Gasteiger partial charge in [0, 0.05) is 6.42 Å². The Labute approximate surface area is 171 Å². The molecule has 0 radical (unpaired) electrons. The molecule has 0 aliphatic heterocycles. The van der Waals surface area contributed by atoms with Gasteiger partial charge in [0.25, 0.3) is 10.0 Å². The molecular weight excluding hydrogens is 416 g/mol. The van der Waals surface area contributed by atoms with Crippen molar-refractivity contribution in [2.75, 3.05) is 4.72 Å². The van der Waals surface area contributed by atoms with Gasteiger partial charge in [-0.2, -0.15) is 4.98 Å². The van der Waals surface area contributed by atoms with Crippen LogP contribution in [0.3, 0.4) is 0 Å². The largest absolute Gasteiger partial charge is 0.437 e. The van der Waals surface area contributed by atoms with Gasteiger partial charge >= 0.3 is 0 Å². The van der Waals surface area contributed by atoms with E-state index in [0.29, 0.717) is 27.3 Å². The second kappa shape index (κ2) is 7.79. The van der Waals surface area contributed by atoms with E-state index in [-0.39, 0.29) is 10.7 Å². The van der Waals surface area contributed by atoms with Crippen LogP contribution in [0.2, 0.25) is 4.34 Å². The van der Waals surface area contributed by atoms with Crippen LogP contribution in [-0.2, 0) is 16.4 Å². The van der Waals surface area contributed by atoms with Gasteiger partial charge in [-0.15, -0.1) is 11.3 Å². The van der Waals surface area contributed by atoms with Crippen molar-refractivity contribution in [2.24, 2.45) is 0 Å². The van der Waals surface area contributed by atoms with E-state index in [0.717, 1.165) is 5.56 Å². The molecule has 2 heterocycles. The van der Waals surface area contributed by atoms with E-state index >= 15 is 0 Å². The summed E-state index contributed by atoms with van der Waals surface area (Å²) in [5, 5.41) is 0. The fraction of sp³-hybridized carbons (Fsp3) is 0.0500. The molecule has 0 unspecified atom stereocenters. The van der Waals surface area contributed by atoms with Crippen LogP contribution in [0.1, 0.15) is 11.5 Å². The third kappa shape index (κ3) is 4.11. The second-order valence-electron chi connectivity index (χ2n) is 5.97. The maximum atomic E-state index is 12.7. The van der Waals surface area contributed by atoms with Crippen LogP contribution in [0.5, 0.6) is 0 Å². The number of aromatic nitrogens is 1. The van der Waals surface area contributed by atoms with Gasteiger partial charge < -0.3 is 4.42 Å². The summed E-state index contributed by atoms with van der Waals surface area (Å²) < 4.78 is 34.5. The van der Waals surface area contributed by atoms with Gasteiger partial charge in [0.2, 0.25) is 5.89 Å². The lowest BCUT2D eigenvalue weighted by molar-refractivity contribution is 0.520. The average molecular weight is 431 g/mol. The second-order valence-corrected chi connectivity index (χ2v) is 9.37. The number of rotatable bonds is 6. The van der Waals surface area contributed by atoms with Gasteiger partial charge in [0.15, 0.2) is 11.6 Å². The Hall–Kier alpha value is -2.61. The smallest absolute Gasteiger partial charge is 0.263 e. The third-order valence-electron chi connectivity index (χ3n) is 3.95. The minimum absolute atomic E-state index is 0.147. The van der Waals surface area contributed by atoms with Crippen molar-refractivity contribution in [1.29, 1.82) is 0 Å². The number of halogens is 1. The lowest BCUT2D eigenvalue weighted by atomic mass is 10.2. The molecule has 0 fully saturated rings. The van der Waals surface area contributed by atoms with Gasteiger partial charge in [-0.25, -0.2) is 8.42 Å². The summed E-state index contributed by atoms with van der Waals surface area (Å²) in [6, 6.07) is 21.3. The van der Waals surface area contributed by atoms with Gasteiger partial charge in [0.1, 0.15) is 0 Å². The van der Waals surface area contributed by atoms with E-state index in [1.165, 1.54) is 23.5 Å². The fourth-order valence-electron chi connectivity index (χ4n) is 2.67. The molecular formula is C20H15ClN2O3S2. The van der Waals surface area contributed by atoms with Crippen LogP contribution in [0.25, 0.3) is 10.6 Å². The first kappa shape index (κ1) is 18.7. The number of thiophene rings is 1. The Morgan fingerprint density at radius 1 is 0.964 bits per heavy atom. The molecule has 0 spiro atoms. The molecule has 1 N–H and O–H groups in total. The van der Waals surface area contributed by atoms with Crippen molar-refractivity contribution in [3.05, 3.63) is 88.6 Å². The molecule has 28 heavy (non-hydrogen) atoms. The van der Waals surface area contributed by atoms with Crippen molar-refractivity contribution in [1.82, 2.24) is 4.98 Å². The molecule has 8 heteroatoms. The van der Waals surface area contributed by atoms with E-state index in [4.69, 9.17) is 16.0 Å². The summed E-state index contributed by atoms with van der Waals surface area (Å²) in [5.74, 6) is 0.909. The summed E-state index contributed by atoms with van der Waals surface area (Å²) in [4.78, 5) is 5.26. The Kier molecular flexibility index (Phi) is 5.21. The molecule has 0 amide bonds. The zero-order valence-corrected chi connectivity index (χ0v) is 16.9. The number of hydrogen-bond donors (Lipinski definition) is 1. The van der Waals surface area contributed by atoms with E-state index < -0.39 is 10.0 Å². The molecule has 4 rings (SSSR count). The highest BCUT2D eigenvalue weighted by Gasteiger charge is 2.23. The monoisotopic (exact) mass is 430 g/mol. The van der Waals surface area contributed by atoms with Gasteiger partial charge in [-0.05, 0) is 29.8 Å². The zero-order chi connectivity index (χ0) is 19.6. The van der Waals surface area contributed by atoms with E-state index in [2.05, 4.69) is 9.71 Å². The minimum atomic E-state index is -3.80. The number of nitrogens with zero attached hydrogens (tertiary/aromatic N) is 1. The Balaban J connectivity index is 1.72. The van der Waals surface area contributed by atoms with Crippen molar-refractivity contribution >= 4 is 38.8 Å². The number of oxazole rings is 1. The highest BCUT2D eigenvalue weighted by Crippen LogP contribution is 2.37. The number of sulfonamides is 1. The first-order valence-corrected chi connectivity index (χ1v) is 11.1. The Morgan fingerprint density at radius 2 is 1.64 bits per heavy atom. The predicted octanol–water partition coefficient (Wildman–Crippen LogP) is 5.45. The summed E-state index contributed by atoms with van der Waals surface area (Å²) in [6.07, 6.45) is 0.444. The third-order valence-corrected chi connectivity index (χ3v) is 6.54. The van der Waals surface area contributed by atoms with E-state index in [1.54, 1.807) is 30.3 Å². The summed E-state index contributed by atoms with van der Waals surface area (Å²) >= 11 is 7.34. The molecule has 0 saturated carbocycles. The van der Waals surface area contributed by atoms with Crippen LogP contribution in [0, 0.1) is 0 Å². The van der Waals surface area contributed by atoms with Gasteiger partial charge in [0.05, 0.1) is 14.1 Å². The molecule has 142 valence electrons. The lowest BCUT2D eigenvalue weighted by Gasteiger charge is -2.06. The van der Waals surface area contributed by atoms with E-state index in [9.17, 15) is 8.42 Å². The SMILES string of the molecule is O=S(=O)(Nc1nc(Cc2ccccc2)oc1-c1ccc(Cl)s1)c1ccccc1. The quantitative estimate of drug-likeness (QED) is 0.441. The fourth-order valence-corrected chi connectivity index (χ4v) is 4.72. The molecule has 2 aromatic carbocycles. The number of hydrogen-bond acceptors (Lipinski definition) is 5. The Morgan fingerprint density at radius 3 is 2.29 bits per heavy atom. The Bertz CT molecular complexity index is 1190. The van der Waals surface area contributed by atoms with Crippen LogP contribution in [0.15, 0.2) is 82.1 Å². The average Bonchev–Trinajstić information content (AvgIpc) is 3.29. The van der Waals surface area contributed by atoms with Crippen molar-refractivity contribution in [2.45, 2.75) is 11.3 Å². The molecule has 5 nitrogen and oxygen atoms in total. The van der Waals surface area contributed by atoms with E-state index in [1.807, 2.05) is 30.3 Å². The molecule has 0 aliphatic carbocycles. The highest BCUT2D eigenvalue weighted by molar-refractivity contribution is 7.92. The molecule has 0 aliphatic rings. The van der Waals surface area contributed by atoms with Gasteiger partial charge in [-0.3, -0.25) is 4.72 Å². The first-order chi connectivity index (χ1) is 13.5.